The van der Waals surface area contributed by atoms with E-state index in [0.29, 0.717) is 18.4 Å². The topological polar surface area (TPSA) is 3.24 Å². The van der Waals surface area contributed by atoms with Crippen molar-refractivity contribution in [3.8, 4) is 0 Å². The highest BCUT2D eigenvalue weighted by Crippen LogP contribution is 2.17. The first kappa shape index (κ1) is 17.2. The number of hydrogen-bond acceptors (Lipinski definition) is 1. The van der Waals surface area contributed by atoms with Crippen molar-refractivity contribution in [1.82, 2.24) is 4.90 Å². The van der Waals surface area contributed by atoms with Crippen LogP contribution in [0.15, 0.2) is 0 Å². The zero-order valence-electron chi connectivity index (χ0n) is 10.5. The van der Waals surface area contributed by atoms with E-state index in [9.17, 15) is 13.2 Å². The second-order valence-electron chi connectivity index (χ2n) is 4.35. The van der Waals surface area contributed by atoms with Crippen molar-refractivity contribution in [2.45, 2.75) is 51.6 Å². The van der Waals surface area contributed by atoms with Crippen LogP contribution in [0.1, 0.15) is 45.4 Å². The molecule has 0 unspecified atom stereocenters. The normalized spacial score (nSPS) is 12.4. The molecule has 0 fully saturated rings. The van der Waals surface area contributed by atoms with Crippen LogP contribution in [0.3, 0.4) is 0 Å². The molecule has 0 aliphatic heterocycles. The Morgan fingerprint density at radius 1 is 0.941 bits per heavy atom. The molecule has 0 aromatic carbocycles. The molecule has 104 valence electrons. The van der Waals surface area contributed by atoms with Gasteiger partial charge < -0.3 is 0 Å². The van der Waals surface area contributed by atoms with Crippen LogP contribution in [0.2, 0.25) is 0 Å². The average Bonchev–Trinajstić information content (AvgIpc) is 2.21. The number of alkyl halides is 4. The summed E-state index contributed by atoms with van der Waals surface area (Å²) in [6.07, 6.45) is 2.60. The molecule has 0 aliphatic rings. The minimum absolute atomic E-state index is 0.467. The molecule has 0 saturated carbocycles. The van der Waals surface area contributed by atoms with Crippen molar-refractivity contribution >= 4 is 15.9 Å². The Morgan fingerprint density at radius 3 is 2.06 bits per heavy atom. The Morgan fingerprint density at radius 2 is 1.53 bits per heavy atom. The summed E-state index contributed by atoms with van der Waals surface area (Å²) in [7, 11) is 0. The molecule has 0 aliphatic carbocycles. The van der Waals surface area contributed by atoms with Gasteiger partial charge in [-0.25, -0.2) is 0 Å². The van der Waals surface area contributed by atoms with Crippen LogP contribution in [0.25, 0.3) is 0 Å². The minimum atomic E-state index is -4.08. The van der Waals surface area contributed by atoms with Crippen molar-refractivity contribution in [2.75, 3.05) is 25.0 Å². The van der Waals surface area contributed by atoms with Gasteiger partial charge in [0.05, 0.1) is 6.54 Å². The van der Waals surface area contributed by atoms with E-state index in [4.69, 9.17) is 0 Å². The third-order valence-electron chi connectivity index (χ3n) is 2.63. The molecule has 0 bridgehead atoms. The molecule has 0 heterocycles. The Labute approximate surface area is 111 Å². The van der Waals surface area contributed by atoms with E-state index in [1.807, 2.05) is 0 Å². The Bertz CT molecular complexity index is 174. The van der Waals surface area contributed by atoms with Crippen LogP contribution in [-0.4, -0.2) is 36.0 Å². The lowest BCUT2D eigenvalue weighted by Crippen LogP contribution is -2.36. The van der Waals surface area contributed by atoms with E-state index in [2.05, 4.69) is 22.9 Å². The smallest absolute Gasteiger partial charge is 0.294 e. The van der Waals surface area contributed by atoms with Crippen molar-refractivity contribution in [3.05, 3.63) is 0 Å². The highest BCUT2D eigenvalue weighted by atomic mass is 79.9. The zero-order valence-corrected chi connectivity index (χ0v) is 12.1. The second kappa shape index (κ2) is 10.2. The lowest BCUT2D eigenvalue weighted by Gasteiger charge is -2.22. The molecular formula is C12H23BrF3N. The lowest BCUT2D eigenvalue weighted by atomic mass is 10.1. The minimum Gasteiger partial charge on any atom is -0.294 e. The van der Waals surface area contributed by atoms with Gasteiger partial charge in [-0.15, -0.1) is 0 Å². The van der Waals surface area contributed by atoms with Gasteiger partial charge in [0.1, 0.15) is 0 Å². The maximum Gasteiger partial charge on any atom is 0.401 e. The Kier molecular flexibility index (Phi) is 10.3. The molecule has 0 amide bonds. The molecule has 0 aromatic rings. The van der Waals surface area contributed by atoms with Crippen LogP contribution in [0.5, 0.6) is 0 Å². The van der Waals surface area contributed by atoms with Gasteiger partial charge in [-0.05, 0) is 13.0 Å². The summed E-state index contributed by atoms with van der Waals surface area (Å²) in [5.41, 5.74) is 0. The van der Waals surface area contributed by atoms with Crippen molar-refractivity contribution in [1.29, 1.82) is 0 Å². The predicted octanol–water partition coefficient (Wildman–Crippen LogP) is 4.61. The number of rotatable bonds is 10. The summed E-state index contributed by atoms with van der Waals surface area (Å²) in [5.74, 6) is 0. The number of hydrogen-bond donors (Lipinski definition) is 0. The first-order valence-electron chi connectivity index (χ1n) is 6.34. The van der Waals surface area contributed by atoms with E-state index in [0.717, 1.165) is 19.3 Å². The van der Waals surface area contributed by atoms with Gasteiger partial charge in [0.15, 0.2) is 0 Å². The third-order valence-corrected chi connectivity index (χ3v) is 2.99. The van der Waals surface area contributed by atoms with E-state index in [1.165, 1.54) is 24.2 Å². The molecule has 0 atom stereocenters. The zero-order chi connectivity index (χ0) is 13.1. The number of unbranched alkanes of at least 4 members (excludes halogenated alkanes) is 5. The van der Waals surface area contributed by atoms with Crippen molar-refractivity contribution in [2.24, 2.45) is 0 Å². The van der Waals surface area contributed by atoms with Crippen LogP contribution in [-0.2, 0) is 0 Å². The maximum absolute atomic E-state index is 12.2. The SMILES string of the molecule is CCCCCCCCN(CCBr)CC(F)(F)F. The summed E-state index contributed by atoms with van der Waals surface area (Å²) >= 11 is 3.19. The standard InChI is InChI=1S/C12H23BrF3N/c1-2-3-4-5-6-7-9-17(10-8-13)11-12(14,15)16/h2-11H2,1H3. The summed E-state index contributed by atoms with van der Waals surface area (Å²) in [6, 6.07) is 0. The largest absolute Gasteiger partial charge is 0.401 e. The first-order valence-corrected chi connectivity index (χ1v) is 7.47. The summed E-state index contributed by atoms with van der Waals surface area (Å²) in [6.45, 7) is 2.39. The molecule has 0 spiro atoms. The van der Waals surface area contributed by atoms with Gasteiger partial charge in [-0.3, -0.25) is 4.90 Å². The van der Waals surface area contributed by atoms with Crippen LogP contribution in [0.4, 0.5) is 13.2 Å². The van der Waals surface area contributed by atoms with Crippen molar-refractivity contribution < 1.29 is 13.2 Å². The van der Waals surface area contributed by atoms with Gasteiger partial charge >= 0.3 is 6.18 Å². The van der Waals surface area contributed by atoms with E-state index in [1.54, 1.807) is 0 Å². The summed E-state index contributed by atoms with van der Waals surface area (Å²) in [4.78, 5) is 1.48. The second-order valence-corrected chi connectivity index (χ2v) is 5.14. The van der Waals surface area contributed by atoms with Crippen LogP contribution >= 0.6 is 15.9 Å². The Balaban J connectivity index is 3.63. The van der Waals surface area contributed by atoms with E-state index < -0.39 is 12.7 Å². The molecule has 0 rings (SSSR count). The fraction of sp³-hybridized carbons (Fsp3) is 1.00. The Hall–Kier alpha value is 0.230. The molecule has 17 heavy (non-hydrogen) atoms. The predicted molar refractivity (Wildman–Crippen MR) is 69.7 cm³/mol. The molecule has 0 saturated heterocycles. The van der Waals surface area contributed by atoms with Gasteiger partial charge in [0, 0.05) is 11.9 Å². The van der Waals surface area contributed by atoms with E-state index >= 15 is 0 Å². The van der Waals surface area contributed by atoms with Crippen LogP contribution in [0, 0.1) is 0 Å². The fourth-order valence-corrected chi connectivity index (χ4v) is 2.26. The average molecular weight is 318 g/mol. The number of halogens is 4. The van der Waals surface area contributed by atoms with Gasteiger partial charge in [-0.2, -0.15) is 13.2 Å². The molecule has 0 aromatic heterocycles. The third kappa shape index (κ3) is 12.5. The molecular weight excluding hydrogens is 295 g/mol. The fourth-order valence-electron chi connectivity index (χ4n) is 1.76. The quantitative estimate of drug-likeness (QED) is 0.420. The highest BCUT2D eigenvalue weighted by Gasteiger charge is 2.29. The molecule has 5 heteroatoms. The lowest BCUT2D eigenvalue weighted by molar-refractivity contribution is -0.145. The molecule has 0 N–H and O–H groups in total. The van der Waals surface area contributed by atoms with Gasteiger partial charge in [0.25, 0.3) is 0 Å². The number of nitrogens with zero attached hydrogens (tertiary/aromatic N) is 1. The maximum atomic E-state index is 12.2. The summed E-state index contributed by atoms with van der Waals surface area (Å²) < 4.78 is 36.7. The highest BCUT2D eigenvalue weighted by molar-refractivity contribution is 9.09. The molecule has 1 nitrogen and oxygen atoms in total. The van der Waals surface area contributed by atoms with Gasteiger partial charge in [0.2, 0.25) is 0 Å². The monoisotopic (exact) mass is 317 g/mol. The van der Waals surface area contributed by atoms with Crippen LogP contribution < -0.4 is 0 Å². The van der Waals surface area contributed by atoms with Gasteiger partial charge in [-0.1, -0.05) is 55.0 Å². The van der Waals surface area contributed by atoms with E-state index in [-0.39, 0.29) is 0 Å². The van der Waals surface area contributed by atoms with Crippen molar-refractivity contribution in [3.63, 3.8) is 0 Å². The molecule has 0 radical (unpaired) electrons. The summed E-state index contributed by atoms with van der Waals surface area (Å²) in [5, 5.41) is 0.596. The first-order chi connectivity index (χ1) is 7.99.